The molecule has 0 radical (unpaired) electrons. The Morgan fingerprint density at radius 3 is 2.55 bits per heavy atom. The van der Waals surface area contributed by atoms with Crippen LogP contribution in [0.3, 0.4) is 0 Å². The molecule has 0 saturated carbocycles. The van der Waals surface area contributed by atoms with Crippen molar-refractivity contribution in [2.24, 2.45) is 5.10 Å². The molecule has 0 bridgehead atoms. The molecule has 3 aromatic rings. The van der Waals surface area contributed by atoms with Gasteiger partial charge in [-0.05, 0) is 57.4 Å². The number of ether oxygens (including phenoxy) is 1. The molecule has 0 aliphatic rings. The van der Waals surface area contributed by atoms with E-state index in [0.29, 0.717) is 17.9 Å². The number of hydrazone groups is 1. The quantitative estimate of drug-likeness (QED) is 0.233. The third-order valence-electron chi connectivity index (χ3n) is 4.21. The number of halogens is 2. The summed E-state index contributed by atoms with van der Waals surface area (Å²) in [5, 5.41) is 15.0. The van der Waals surface area contributed by atoms with Gasteiger partial charge in [0, 0.05) is 16.1 Å². The maximum Gasteiger partial charge on any atom is 0.273 e. The smallest absolute Gasteiger partial charge is 0.273 e. The highest BCUT2D eigenvalue weighted by Gasteiger charge is 2.15. The minimum Gasteiger partial charge on any atom is -0.488 e. The molecular formula is C22H17Br2N3O4. The number of carbonyl (C=O) groups excluding carboxylic acids is 1. The van der Waals surface area contributed by atoms with E-state index >= 15 is 0 Å². The van der Waals surface area contributed by atoms with E-state index in [1.165, 1.54) is 12.3 Å². The third kappa shape index (κ3) is 6.73. The Kier molecular flexibility index (Phi) is 7.91. The van der Waals surface area contributed by atoms with Gasteiger partial charge in [0.1, 0.15) is 12.4 Å². The number of hydrogen-bond donors (Lipinski definition) is 1. The fraction of sp³-hybridized carbons (Fsp3) is 0.0909. The maximum atomic E-state index is 12.1. The predicted octanol–water partition coefficient (Wildman–Crippen LogP) is 5.39. The zero-order chi connectivity index (χ0) is 22.2. The molecule has 0 heterocycles. The second-order valence-electron chi connectivity index (χ2n) is 6.46. The van der Waals surface area contributed by atoms with Gasteiger partial charge in [-0.15, -0.1) is 0 Å². The van der Waals surface area contributed by atoms with E-state index in [2.05, 4.69) is 42.4 Å². The van der Waals surface area contributed by atoms with Crippen molar-refractivity contribution in [3.63, 3.8) is 0 Å². The van der Waals surface area contributed by atoms with Crippen molar-refractivity contribution < 1.29 is 14.5 Å². The van der Waals surface area contributed by atoms with Gasteiger partial charge in [0.2, 0.25) is 5.91 Å². The molecule has 0 aromatic heterocycles. The van der Waals surface area contributed by atoms with E-state index in [4.69, 9.17) is 4.74 Å². The van der Waals surface area contributed by atoms with E-state index < -0.39 is 10.8 Å². The standard InChI is InChI=1S/C22H17Br2N3O4/c23-18-8-5-15(6-9-18)14-31-21-10-7-16(11-19(21)24)13-25-26-22(28)12-17-3-1-2-4-20(17)27(29)30/h1-11,13H,12,14H2,(H,26,28)/b25-13+. The Hall–Kier alpha value is -3.04. The lowest BCUT2D eigenvalue weighted by atomic mass is 10.1. The average molecular weight is 547 g/mol. The third-order valence-corrected chi connectivity index (χ3v) is 5.35. The molecule has 3 rings (SSSR count). The van der Waals surface area contributed by atoms with Crippen molar-refractivity contribution in [2.75, 3.05) is 0 Å². The Bertz CT molecular complexity index is 1120. The van der Waals surface area contributed by atoms with E-state index in [1.807, 2.05) is 30.3 Å². The molecule has 0 aliphatic heterocycles. The van der Waals surface area contributed by atoms with Crippen LogP contribution in [0.15, 0.2) is 80.8 Å². The van der Waals surface area contributed by atoms with E-state index in [0.717, 1.165) is 20.1 Å². The summed E-state index contributed by atoms with van der Waals surface area (Å²) in [6.45, 7) is 0.432. The molecule has 158 valence electrons. The van der Waals surface area contributed by atoms with Gasteiger partial charge < -0.3 is 4.74 Å². The lowest BCUT2D eigenvalue weighted by Gasteiger charge is -2.09. The zero-order valence-electron chi connectivity index (χ0n) is 16.1. The van der Waals surface area contributed by atoms with Gasteiger partial charge in [0.05, 0.1) is 22.0 Å². The predicted molar refractivity (Wildman–Crippen MR) is 125 cm³/mol. The summed E-state index contributed by atoms with van der Waals surface area (Å²) in [6, 6.07) is 19.4. The van der Waals surface area contributed by atoms with Crippen LogP contribution >= 0.6 is 31.9 Å². The zero-order valence-corrected chi connectivity index (χ0v) is 19.3. The summed E-state index contributed by atoms with van der Waals surface area (Å²) in [5.41, 5.74) is 4.41. The van der Waals surface area contributed by atoms with Crippen LogP contribution in [-0.2, 0) is 17.8 Å². The first-order valence-corrected chi connectivity index (χ1v) is 10.7. The second-order valence-corrected chi connectivity index (χ2v) is 8.23. The normalized spacial score (nSPS) is 10.8. The number of para-hydroxylation sites is 1. The molecule has 7 nitrogen and oxygen atoms in total. The average Bonchev–Trinajstić information content (AvgIpc) is 2.74. The highest BCUT2D eigenvalue weighted by atomic mass is 79.9. The number of rotatable bonds is 8. The van der Waals surface area contributed by atoms with Gasteiger partial charge in [0.15, 0.2) is 0 Å². The summed E-state index contributed by atoms with van der Waals surface area (Å²) in [6.07, 6.45) is 1.35. The maximum absolute atomic E-state index is 12.1. The monoisotopic (exact) mass is 545 g/mol. The minimum atomic E-state index is -0.510. The molecule has 9 heteroatoms. The van der Waals surface area contributed by atoms with Crippen LogP contribution in [0.25, 0.3) is 0 Å². The van der Waals surface area contributed by atoms with Crippen LogP contribution in [0.4, 0.5) is 5.69 Å². The second kappa shape index (κ2) is 10.8. The topological polar surface area (TPSA) is 93.8 Å². The van der Waals surface area contributed by atoms with Crippen molar-refractivity contribution in [2.45, 2.75) is 13.0 Å². The molecule has 0 fully saturated rings. The Morgan fingerprint density at radius 2 is 1.84 bits per heavy atom. The number of carbonyl (C=O) groups is 1. The van der Waals surface area contributed by atoms with Gasteiger partial charge in [0.25, 0.3) is 5.69 Å². The number of nitrogens with one attached hydrogen (secondary N) is 1. The number of benzene rings is 3. The molecule has 1 N–H and O–H groups in total. The summed E-state index contributed by atoms with van der Waals surface area (Å²) < 4.78 is 7.59. The fourth-order valence-electron chi connectivity index (χ4n) is 2.69. The van der Waals surface area contributed by atoms with Gasteiger partial charge in [-0.25, -0.2) is 5.43 Å². The van der Waals surface area contributed by atoms with Crippen LogP contribution in [0, 0.1) is 10.1 Å². The van der Waals surface area contributed by atoms with Crippen LogP contribution in [0.5, 0.6) is 5.75 Å². The first-order chi connectivity index (χ1) is 14.9. The number of nitro groups is 1. The van der Waals surface area contributed by atoms with Crippen molar-refractivity contribution in [1.82, 2.24) is 5.43 Å². The first-order valence-electron chi connectivity index (χ1n) is 9.13. The molecule has 0 spiro atoms. The SMILES string of the molecule is O=C(Cc1ccccc1[N+](=O)[O-])N/N=C/c1ccc(OCc2ccc(Br)cc2)c(Br)c1. The van der Waals surface area contributed by atoms with E-state index in [1.54, 1.807) is 30.3 Å². The molecule has 3 aromatic carbocycles. The fourth-order valence-corrected chi connectivity index (χ4v) is 3.46. The van der Waals surface area contributed by atoms with Crippen molar-refractivity contribution in [3.8, 4) is 5.75 Å². The Labute approximate surface area is 195 Å². The van der Waals surface area contributed by atoms with Crippen molar-refractivity contribution in [1.29, 1.82) is 0 Å². The molecular weight excluding hydrogens is 530 g/mol. The van der Waals surface area contributed by atoms with Crippen molar-refractivity contribution in [3.05, 3.63) is 102 Å². The number of hydrogen-bond acceptors (Lipinski definition) is 5. The first kappa shape index (κ1) is 22.6. The lowest BCUT2D eigenvalue weighted by Crippen LogP contribution is -2.20. The summed E-state index contributed by atoms with van der Waals surface area (Å²) in [5.74, 6) is 0.236. The van der Waals surface area contributed by atoms with Crippen LogP contribution < -0.4 is 10.2 Å². The van der Waals surface area contributed by atoms with Gasteiger partial charge in [-0.1, -0.05) is 46.3 Å². The van der Waals surface area contributed by atoms with Crippen LogP contribution in [-0.4, -0.2) is 17.0 Å². The highest BCUT2D eigenvalue weighted by molar-refractivity contribution is 9.10. The number of nitrogens with zero attached hydrogens (tertiary/aromatic N) is 2. The van der Waals surface area contributed by atoms with E-state index in [9.17, 15) is 14.9 Å². The lowest BCUT2D eigenvalue weighted by molar-refractivity contribution is -0.385. The summed E-state index contributed by atoms with van der Waals surface area (Å²) >= 11 is 6.88. The molecule has 0 aliphatic carbocycles. The Balaban J connectivity index is 1.55. The summed E-state index contributed by atoms with van der Waals surface area (Å²) in [4.78, 5) is 22.6. The molecule has 31 heavy (non-hydrogen) atoms. The van der Waals surface area contributed by atoms with Gasteiger partial charge in [-0.3, -0.25) is 14.9 Å². The number of amides is 1. The molecule has 0 atom stereocenters. The minimum absolute atomic E-state index is 0.0933. The van der Waals surface area contributed by atoms with Gasteiger partial charge >= 0.3 is 0 Å². The summed E-state index contributed by atoms with van der Waals surface area (Å²) in [7, 11) is 0. The molecule has 0 saturated heterocycles. The molecule has 0 unspecified atom stereocenters. The molecule has 1 amide bonds. The van der Waals surface area contributed by atoms with Gasteiger partial charge in [-0.2, -0.15) is 5.10 Å². The Morgan fingerprint density at radius 1 is 1.10 bits per heavy atom. The van der Waals surface area contributed by atoms with E-state index in [-0.39, 0.29) is 12.1 Å². The largest absolute Gasteiger partial charge is 0.488 e. The van der Waals surface area contributed by atoms with Crippen LogP contribution in [0.2, 0.25) is 0 Å². The number of nitro benzene ring substituents is 1. The highest BCUT2D eigenvalue weighted by Crippen LogP contribution is 2.26. The van der Waals surface area contributed by atoms with Crippen LogP contribution in [0.1, 0.15) is 16.7 Å². The van der Waals surface area contributed by atoms with Crippen molar-refractivity contribution >= 4 is 49.7 Å².